The highest BCUT2D eigenvalue weighted by atomic mass is 16.5. The number of rotatable bonds is 5. The van der Waals surface area contributed by atoms with Gasteiger partial charge in [0, 0.05) is 18.9 Å². The summed E-state index contributed by atoms with van der Waals surface area (Å²) in [6, 6.07) is 7.20. The molecule has 0 aromatic heterocycles. The summed E-state index contributed by atoms with van der Waals surface area (Å²) in [7, 11) is 1.62. The van der Waals surface area contributed by atoms with Gasteiger partial charge in [-0.1, -0.05) is 19.1 Å². The number of methoxy groups -OCH3 is 1. The van der Waals surface area contributed by atoms with Crippen LogP contribution in [0, 0.1) is 0 Å². The van der Waals surface area contributed by atoms with Gasteiger partial charge in [-0.15, -0.1) is 0 Å². The van der Waals surface area contributed by atoms with E-state index in [1.54, 1.807) is 12.0 Å². The van der Waals surface area contributed by atoms with Gasteiger partial charge in [0.15, 0.2) is 0 Å². The predicted octanol–water partition coefficient (Wildman–Crippen LogP) is 1.27. The van der Waals surface area contributed by atoms with E-state index in [9.17, 15) is 9.59 Å². The molecule has 1 unspecified atom stereocenters. The first-order valence-corrected chi connectivity index (χ1v) is 6.79. The van der Waals surface area contributed by atoms with Crippen molar-refractivity contribution in [2.24, 2.45) is 5.73 Å². The molecule has 1 saturated heterocycles. The number of hydrogen-bond acceptors (Lipinski definition) is 3. The number of ether oxygens (including phenoxy) is 1. The van der Waals surface area contributed by atoms with Gasteiger partial charge < -0.3 is 15.4 Å². The van der Waals surface area contributed by atoms with Gasteiger partial charge in [0.05, 0.1) is 7.11 Å². The van der Waals surface area contributed by atoms with E-state index in [2.05, 4.69) is 0 Å². The maximum absolute atomic E-state index is 12.1. The first kappa shape index (κ1) is 14.4. The van der Waals surface area contributed by atoms with E-state index in [1.807, 2.05) is 31.2 Å². The van der Waals surface area contributed by atoms with Crippen LogP contribution in [0.3, 0.4) is 0 Å². The number of amides is 2. The Balaban J connectivity index is 2.13. The molecule has 0 spiro atoms. The SMILES string of the molecule is CC[C@@H](C(N)=O)N1CC(c2ccc(OC)cc2)CC1=O. The Hall–Kier alpha value is -2.04. The molecule has 1 aliphatic rings. The van der Waals surface area contributed by atoms with E-state index in [0.29, 0.717) is 19.4 Å². The maximum Gasteiger partial charge on any atom is 0.240 e. The summed E-state index contributed by atoms with van der Waals surface area (Å²) in [4.78, 5) is 25.1. The number of primary amides is 1. The zero-order chi connectivity index (χ0) is 14.7. The highest BCUT2D eigenvalue weighted by Gasteiger charge is 2.36. The largest absolute Gasteiger partial charge is 0.497 e. The van der Waals surface area contributed by atoms with Crippen LogP contribution in [0.25, 0.3) is 0 Å². The minimum absolute atomic E-state index is 0.00327. The third kappa shape index (κ3) is 2.76. The molecule has 2 atom stereocenters. The molecule has 2 amide bonds. The molecule has 1 aromatic rings. The van der Waals surface area contributed by atoms with Gasteiger partial charge in [-0.25, -0.2) is 0 Å². The van der Waals surface area contributed by atoms with Crippen LogP contribution in [0.4, 0.5) is 0 Å². The van der Waals surface area contributed by atoms with Crippen LogP contribution in [0.5, 0.6) is 5.75 Å². The number of nitrogens with zero attached hydrogens (tertiary/aromatic N) is 1. The second kappa shape index (κ2) is 5.94. The fourth-order valence-electron chi connectivity index (χ4n) is 2.71. The zero-order valence-electron chi connectivity index (χ0n) is 11.8. The molecule has 1 aliphatic heterocycles. The Kier molecular flexibility index (Phi) is 4.27. The molecule has 1 aromatic carbocycles. The second-order valence-electron chi connectivity index (χ2n) is 5.05. The van der Waals surface area contributed by atoms with E-state index in [4.69, 9.17) is 10.5 Å². The minimum Gasteiger partial charge on any atom is -0.497 e. The third-order valence-corrected chi connectivity index (χ3v) is 3.84. The molecule has 5 nitrogen and oxygen atoms in total. The van der Waals surface area contributed by atoms with E-state index in [0.717, 1.165) is 11.3 Å². The molecule has 0 aliphatic carbocycles. The lowest BCUT2D eigenvalue weighted by molar-refractivity contribution is -0.136. The van der Waals surface area contributed by atoms with Crippen molar-refractivity contribution in [1.82, 2.24) is 4.90 Å². The molecule has 1 heterocycles. The number of carbonyl (C=O) groups is 2. The van der Waals surface area contributed by atoms with Crippen molar-refractivity contribution < 1.29 is 14.3 Å². The van der Waals surface area contributed by atoms with Crippen molar-refractivity contribution >= 4 is 11.8 Å². The van der Waals surface area contributed by atoms with Crippen LogP contribution in [0.1, 0.15) is 31.2 Å². The Morgan fingerprint density at radius 1 is 1.45 bits per heavy atom. The lowest BCUT2D eigenvalue weighted by atomic mass is 9.98. The third-order valence-electron chi connectivity index (χ3n) is 3.84. The summed E-state index contributed by atoms with van der Waals surface area (Å²) < 4.78 is 5.12. The van der Waals surface area contributed by atoms with Crippen LogP contribution < -0.4 is 10.5 Å². The summed E-state index contributed by atoms with van der Waals surface area (Å²) in [5, 5.41) is 0. The Bertz CT molecular complexity index is 498. The molecule has 1 fully saturated rings. The molecule has 0 radical (unpaired) electrons. The lowest BCUT2D eigenvalue weighted by Gasteiger charge is -2.24. The van der Waals surface area contributed by atoms with Gasteiger partial charge in [0.2, 0.25) is 11.8 Å². The summed E-state index contributed by atoms with van der Waals surface area (Å²) in [6.45, 7) is 2.41. The van der Waals surface area contributed by atoms with Crippen molar-refractivity contribution in [2.75, 3.05) is 13.7 Å². The summed E-state index contributed by atoms with van der Waals surface area (Å²) in [5.41, 5.74) is 6.45. The van der Waals surface area contributed by atoms with Gasteiger partial charge >= 0.3 is 0 Å². The summed E-state index contributed by atoms with van der Waals surface area (Å²) in [5.74, 6) is 0.466. The Morgan fingerprint density at radius 2 is 2.10 bits per heavy atom. The van der Waals surface area contributed by atoms with Crippen LogP contribution in [0.15, 0.2) is 24.3 Å². The molecule has 20 heavy (non-hydrogen) atoms. The molecular formula is C15H20N2O3. The van der Waals surface area contributed by atoms with Crippen molar-refractivity contribution in [1.29, 1.82) is 0 Å². The van der Waals surface area contributed by atoms with Gasteiger partial charge in [-0.2, -0.15) is 0 Å². The fourth-order valence-corrected chi connectivity index (χ4v) is 2.71. The smallest absolute Gasteiger partial charge is 0.240 e. The average Bonchev–Trinajstić information content (AvgIpc) is 2.81. The van der Waals surface area contributed by atoms with E-state index in [1.165, 1.54) is 0 Å². The highest BCUT2D eigenvalue weighted by molar-refractivity contribution is 5.88. The lowest BCUT2D eigenvalue weighted by Crippen LogP contribution is -2.45. The van der Waals surface area contributed by atoms with Gasteiger partial charge in [-0.05, 0) is 24.1 Å². The van der Waals surface area contributed by atoms with Gasteiger partial charge in [0.25, 0.3) is 0 Å². The number of hydrogen-bond donors (Lipinski definition) is 1. The molecule has 108 valence electrons. The monoisotopic (exact) mass is 276 g/mol. The number of carbonyl (C=O) groups excluding carboxylic acids is 2. The second-order valence-corrected chi connectivity index (χ2v) is 5.05. The average molecular weight is 276 g/mol. The van der Waals surface area contributed by atoms with E-state index >= 15 is 0 Å². The Morgan fingerprint density at radius 3 is 2.60 bits per heavy atom. The van der Waals surface area contributed by atoms with E-state index in [-0.39, 0.29) is 11.8 Å². The summed E-state index contributed by atoms with van der Waals surface area (Å²) in [6.07, 6.45) is 0.979. The van der Waals surface area contributed by atoms with Crippen LogP contribution in [-0.2, 0) is 9.59 Å². The standard InChI is InChI=1S/C15H20N2O3/c1-3-13(15(16)19)17-9-11(8-14(17)18)10-4-6-12(20-2)7-5-10/h4-7,11,13H,3,8-9H2,1-2H3,(H2,16,19)/t11?,13-/m0/s1. The van der Waals surface area contributed by atoms with Crippen LogP contribution in [-0.4, -0.2) is 36.4 Å². The first-order valence-electron chi connectivity index (χ1n) is 6.79. The molecule has 2 N–H and O–H groups in total. The maximum atomic E-state index is 12.1. The quantitative estimate of drug-likeness (QED) is 0.880. The van der Waals surface area contributed by atoms with Gasteiger partial charge in [0.1, 0.15) is 11.8 Å². The molecule has 2 rings (SSSR count). The van der Waals surface area contributed by atoms with Crippen molar-refractivity contribution in [3.63, 3.8) is 0 Å². The zero-order valence-corrected chi connectivity index (χ0v) is 11.8. The number of nitrogens with two attached hydrogens (primary N) is 1. The first-order chi connectivity index (χ1) is 9.56. The Labute approximate surface area is 118 Å². The van der Waals surface area contributed by atoms with Crippen molar-refractivity contribution in [3.05, 3.63) is 29.8 Å². The van der Waals surface area contributed by atoms with Gasteiger partial charge in [-0.3, -0.25) is 9.59 Å². The number of benzene rings is 1. The topological polar surface area (TPSA) is 72.6 Å². The predicted molar refractivity (Wildman–Crippen MR) is 75.3 cm³/mol. The van der Waals surface area contributed by atoms with Crippen molar-refractivity contribution in [3.8, 4) is 5.75 Å². The normalized spacial score (nSPS) is 20.0. The van der Waals surface area contributed by atoms with Crippen LogP contribution >= 0.6 is 0 Å². The fraction of sp³-hybridized carbons (Fsp3) is 0.467. The minimum atomic E-state index is -0.495. The van der Waals surface area contributed by atoms with Crippen LogP contribution in [0.2, 0.25) is 0 Å². The van der Waals surface area contributed by atoms with Crippen molar-refractivity contribution in [2.45, 2.75) is 31.7 Å². The molecule has 5 heteroatoms. The molecular weight excluding hydrogens is 256 g/mol. The summed E-state index contributed by atoms with van der Waals surface area (Å²) >= 11 is 0. The molecule has 0 saturated carbocycles. The molecule has 0 bridgehead atoms. The highest BCUT2D eigenvalue weighted by Crippen LogP contribution is 2.30. The van der Waals surface area contributed by atoms with E-state index < -0.39 is 11.9 Å². The number of likely N-dealkylation sites (tertiary alicyclic amines) is 1.